The van der Waals surface area contributed by atoms with E-state index in [1.807, 2.05) is 6.92 Å². The molecule has 3 rings (SSSR count). The van der Waals surface area contributed by atoms with Crippen LogP contribution in [0.25, 0.3) is 0 Å². The second kappa shape index (κ2) is 6.44. The van der Waals surface area contributed by atoms with Crippen molar-refractivity contribution >= 4 is 12.3 Å². The van der Waals surface area contributed by atoms with E-state index in [-0.39, 0.29) is 16.9 Å². The molecule has 0 radical (unpaired) electrons. The van der Waals surface area contributed by atoms with Gasteiger partial charge in [-0.2, -0.15) is 0 Å². The Labute approximate surface area is 145 Å². The monoisotopic (exact) mass is 336 g/mol. The van der Waals surface area contributed by atoms with Gasteiger partial charge in [0.25, 0.3) is 6.47 Å². The Hall–Kier alpha value is -0.900. The van der Waals surface area contributed by atoms with Crippen LogP contribution in [0, 0.1) is 34.5 Å². The lowest BCUT2D eigenvalue weighted by Gasteiger charge is -2.56. The van der Waals surface area contributed by atoms with Crippen LogP contribution in [0.5, 0.6) is 0 Å². The Balaban J connectivity index is 1.83. The van der Waals surface area contributed by atoms with Crippen LogP contribution < -0.4 is 0 Å². The van der Waals surface area contributed by atoms with Gasteiger partial charge in [-0.3, -0.25) is 9.59 Å². The Kier molecular flexibility index (Phi) is 4.80. The third-order valence-corrected chi connectivity index (χ3v) is 8.06. The number of hydrogen-bond donors (Lipinski definition) is 1. The van der Waals surface area contributed by atoms with Crippen molar-refractivity contribution in [2.75, 3.05) is 6.61 Å². The van der Waals surface area contributed by atoms with Crippen molar-refractivity contribution in [3.05, 3.63) is 0 Å². The summed E-state index contributed by atoms with van der Waals surface area (Å²) in [7, 11) is 0. The SMILES string of the molecule is C[C@H](O)[C@H]1CC[C@H]2[C@@H]3CCC(=O)[C@@](C)(CCOC=O)[C@@H]3CC[C@]12C. The van der Waals surface area contributed by atoms with Crippen LogP contribution >= 0.6 is 0 Å². The molecule has 3 saturated carbocycles. The molecule has 4 nitrogen and oxygen atoms in total. The van der Waals surface area contributed by atoms with Gasteiger partial charge >= 0.3 is 0 Å². The molecule has 24 heavy (non-hydrogen) atoms. The molecule has 3 fully saturated rings. The fourth-order valence-electron chi connectivity index (χ4n) is 6.75. The second-order valence-electron chi connectivity index (χ2n) is 8.94. The van der Waals surface area contributed by atoms with Crippen molar-refractivity contribution in [2.24, 2.45) is 34.5 Å². The van der Waals surface area contributed by atoms with Crippen molar-refractivity contribution in [3.63, 3.8) is 0 Å². The van der Waals surface area contributed by atoms with Gasteiger partial charge in [-0.1, -0.05) is 13.8 Å². The van der Waals surface area contributed by atoms with Crippen LogP contribution in [0.3, 0.4) is 0 Å². The number of aliphatic hydroxyl groups excluding tert-OH is 1. The first-order valence-corrected chi connectivity index (χ1v) is 9.61. The van der Waals surface area contributed by atoms with Crippen molar-refractivity contribution in [1.82, 2.24) is 0 Å². The molecule has 136 valence electrons. The van der Waals surface area contributed by atoms with Gasteiger partial charge in [0.1, 0.15) is 5.78 Å². The number of rotatable bonds is 5. The van der Waals surface area contributed by atoms with Gasteiger partial charge in [0.2, 0.25) is 0 Å². The minimum Gasteiger partial charge on any atom is -0.468 e. The summed E-state index contributed by atoms with van der Waals surface area (Å²) in [6.45, 7) is 7.24. The van der Waals surface area contributed by atoms with E-state index < -0.39 is 0 Å². The number of Topliss-reactive ketones (excluding diaryl/α,β-unsaturated/α-hetero) is 1. The normalized spacial score (nSPS) is 46.1. The van der Waals surface area contributed by atoms with Crippen LogP contribution in [0.15, 0.2) is 0 Å². The average Bonchev–Trinajstić information content (AvgIpc) is 2.89. The van der Waals surface area contributed by atoms with E-state index in [2.05, 4.69) is 13.8 Å². The van der Waals surface area contributed by atoms with Crippen molar-refractivity contribution < 1.29 is 19.4 Å². The fourth-order valence-corrected chi connectivity index (χ4v) is 6.75. The maximum atomic E-state index is 12.7. The standard InChI is InChI=1S/C20H32O4/c1-13(22)15-5-6-16-14-4-7-18(23)20(3,10-11-24-12-21)17(14)8-9-19(15,16)2/h12-17,22H,4-11H2,1-3H3/t13-,14-,15+,16-,17+,19+,20-/m0/s1. The molecule has 0 aromatic carbocycles. The predicted octanol–water partition coefficient (Wildman–Crippen LogP) is 3.36. The van der Waals surface area contributed by atoms with Crippen LogP contribution in [0.1, 0.15) is 65.7 Å². The number of ketones is 1. The third-order valence-electron chi connectivity index (χ3n) is 8.06. The third kappa shape index (κ3) is 2.61. The van der Waals surface area contributed by atoms with E-state index in [0.29, 0.717) is 55.4 Å². The first-order valence-electron chi connectivity index (χ1n) is 9.61. The van der Waals surface area contributed by atoms with Crippen LogP contribution in [-0.4, -0.2) is 30.1 Å². The number of hydrogen-bond acceptors (Lipinski definition) is 4. The summed E-state index contributed by atoms with van der Waals surface area (Å²) >= 11 is 0. The highest BCUT2D eigenvalue weighted by Gasteiger charge is 2.59. The Morgan fingerprint density at radius 3 is 2.67 bits per heavy atom. The number of fused-ring (bicyclic) bond motifs is 3. The zero-order valence-corrected chi connectivity index (χ0v) is 15.3. The summed E-state index contributed by atoms with van der Waals surface area (Å²) in [4.78, 5) is 23.2. The zero-order valence-electron chi connectivity index (χ0n) is 15.3. The first kappa shape index (κ1) is 17.9. The van der Waals surface area contributed by atoms with E-state index in [4.69, 9.17) is 4.74 Å². The van der Waals surface area contributed by atoms with E-state index in [0.717, 1.165) is 25.7 Å². The highest BCUT2D eigenvalue weighted by Crippen LogP contribution is 2.64. The minimum atomic E-state index is -0.351. The molecule has 0 bridgehead atoms. The van der Waals surface area contributed by atoms with Gasteiger partial charge in [0.15, 0.2) is 0 Å². The molecule has 0 heterocycles. The van der Waals surface area contributed by atoms with E-state index in [1.165, 1.54) is 6.42 Å². The molecule has 0 amide bonds. The molecule has 4 heteroatoms. The molecule has 3 aliphatic carbocycles. The number of carbonyl (C=O) groups excluding carboxylic acids is 2. The molecular weight excluding hydrogens is 304 g/mol. The highest BCUT2D eigenvalue weighted by atomic mass is 16.5. The van der Waals surface area contributed by atoms with Crippen LogP contribution in [-0.2, 0) is 14.3 Å². The Morgan fingerprint density at radius 2 is 2.00 bits per heavy atom. The zero-order chi connectivity index (χ0) is 17.5. The molecule has 0 spiro atoms. The maximum Gasteiger partial charge on any atom is 0.293 e. The molecule has 0 saturated heterocycles. The lowest BCUT2D eigenvalue weighted by atomic mass is 9.48. The van der Waals surface area contributed by atoms with Crippen molar-refractivity contribution in [2.45, 2.75) is 71.8 Å². The Bertz CT molecular complexity index is 502. The van der Waals surface area contributed by atoms with Gasteiger partial charge < -0.3 is 9.84 Å². The Morgan fingerprint density at radius 1 is 1.25 bits per heavy atom. The number of aliphatic hydroxyl groups is 1. The second-order valence-corrected chi connectivity index (χ2v) is 8.94. The summed E-state index contributed by atoms with van der Waals surface area (Å²) in [5, 5.41) is 10.2. The maximum absolute atomic E-state index is 12.7. The summed E-state index contributed by atoms with van der Waals surface area (Å²) in [6, 6.07) is 0. The van der Waals surface area contributed by atoms with Crippen LogP contribution in [0.2, 0.25) is 0 Å². The topological polar surface area (TPSA) is 63.6 Å². The molecule has 7 atom stereocenters. The van der Waals surface area contributed by atoms with E-state index in [1.54, 1.807) is 0 Å². The fraction of sp³-hybridized carbons (Fsp3) is 0.900. The quantitative estimate of drug-likeness (QED) is 0.618. The molecular formula is C20H32O4. The smallest absolute Gasteiger partial charge is 0.293 e. The first-order chi connectivity index (χ1) is 11.3. The predicted molar refractivity (Wildman–Crippen MR) is 91.2 cm³/mol. The van der Waals surface area contributed by atoms with Crippen molar-refractivity contribution in [1.29, 1.82) is 0 Å². The number of carbonyl (C=O) groups is 2. The summed E-state index contributed by atoms with van der Waals surface area (Å²) in [5.41, 5.74) is -0.133. The highest BCUT2D eigenvalue weighted by molar-refractivity contribution is 5.85. The number of ether oxygens (including phenoxy) is 1. The van der Waals surface area contributed by atoms with Gasteiger partial charge in [-0.05, 0) is 74.5 Å². The largest absolute Gasteiger partial charge is 0.468 e. The van der Waals surface area contributed by atoms with Gasteiger partial charge in [0, 0.05) is 11.8 Å². The molecule has 3 aliphatic rings. The molecule has 0 aliphatic heterocycles. The van der Waals surface area contributed by atoms with Crippen molar-refractivity contribution in [3.8, 4) is 0 Å². The lowest BCUT2D eigenvalue weighted by molar-refractivity contribution is -0.150. The summed E-state index contributed by atoms with van der Waals surface area (Å²) < 4.78 is 4.92. The van der Waals surface area contributed by atoms with Gasteiger partial charge in [-0.15, -0.1) is 0 Å². The molecule has 1 N–H and O–H groups in total. The van der Waals surface area contributed by atoms with E-state index in [9.17, 15) is 14.7 Å². The van der Waals surface area contributed by atoms with Gasteiger partial charge in [0.05, 0.1) is 12.7 Å². The van der Waals surface area contributed by atoms with Gasteiger partial charge in [-0.25, -0.2) is 0 Å². The lowest BCUT2D eigenvalue weighted by Crippen LogP contribution is -2.53. The summed E-state index contributed by atoms with van der Waals surface area (Å²) in [6.07, 6.45) is 6.52. The molecule has 0 unspecified atom stereocenters. The average molecular weight is 336 g/mol. The molecule has 0 aromatic rings. The van der Waals surface area contributed by atoms with E-state index >= 15 is 0 Å². The summed E-state index contributed by atoms with van der Waals surface area (Å²) in [5.74, 6) is 2.35. The molecule has 0 aromatic heterocycles. The minimum absolute atomic E-state index is 0.218. The van der Waals surface area contributed by atoms with Crippen LogP contribution in [0.4, 0.5) is 0 Å².